The molecule has 5 nitrogen and oxygen atoms in total. The normalized spacial score (nSPS) is 13.4. The second-order valence-corrected chi connectivity index (χ2v) is 7.74. The van der Waals surface area contributed by atoms with Crippen LogP contribution in [0, 0.1) is 13.8 Å². The van der Waals surface area contributed by atoms with Gasteiger partial charge in [-0.1, -0.05) is 12.1 Å². The molecule has 1 aromatic carbocycles. The van der Waals surface area contributed by atoms with Crippen LogP contribution in [-0.2, 0) is 12.8 Å². The third-order valence-corrected chi connectivity index (χ3v) is 5.06. The lowest BCUT2D eigenvalue weighted by molar-refractivity contribution is 0.0975. The fourth-order valence-corrected chi connectivity index (χ4v) is 3.18. The van der Waals surface area contributed by atoms with E-state index in [2.05, 4.69) is 17.1 Å². The number of rotatable bonds is 10. The summed E-state index contributed by atoms with van der Waals surface area (Å²) in [5.41, 5.74) is 10.5. The highest BCUT2D eigenvalue weighted by Crippen LogP contribution is 2.21. The van der Waals surface area contributed by atoms with Crippen LogP contribution in [-0.4, -0.2) is 35.1 Å². The average molecular weight is 373 g/mol. The van der Waals surface area contributed by atoms with Crippen LogP contribution in [0.5, 0.6) is 5.75 Å². The number of ether oxygens (including phenoxy) is 1. The molecule has 2 rings (SSSR count). The number of carbonyl (C=O) groups is 1. The molecule has 0 aliphatic heterocycles. The first-order chi connectivity index (χ1) is 12.8. The van der Waals surface area contributed by atoms with E-state index in [0.29, 0.717) is 18.5 Å². The van der Waals surface area contributed by atoms with E-state index in [1.165, 1.54) is 5.56 Å². The first-order valence-corrected chi connectivity index (χ1v) is 9.50. The Morgan fingerprint density at radius 2 is 1.96 bits per heavy atom. The molecule has 148 valence electrons. The van der Waals surface area contributed by atoms with E-state index >= 15 is 0 Å². The maximum absolute atomic E-state index is 12.5. The van der Waals surface area contributed by atoms with Crippen molar-refractivity contribution in [3.8, 4) is 5.75 Å². The van der Waals surface area contributed by atoms with Crippen LogP contribution in [0.3, 0.4) is 0 Å². The van der Waals surface area contributed by atoms with Gasteiger partial charge in [-0.2, -0.15) is 0 Å². The summed E-state index contributed by atoms with van der Waals surface area (Å²) in [5, 5.41) is 9.28. The smallest absolute Gasteiger partial charge is 0.179 e. The first-order valence-electron chi connectivity index (χ1n) is 9.50. The first kappa shape index (κ1) is 21.2. The highest BCUT2D eigenvalue weighted by Gasteiger charge is 2.19. The molecule has 1 heterocycles. The number of benzene rings is 1. The number of aliphatic hydroxyl groups excluding tert-OH is 1. The summed E-state index contributed by atoms with van der Waals surface area (Å²) in [7, 11) is 1.67. The summed E-state index contributed by atoms with van der Waals surface area (Å²) in [6.45, 7) is 5.80. The number of hydrogen-bond donors (Lipinski definition) is 3. The minimum Gasteiger partial charge on any atom is -0.496 e. The van der Waals surface area contributed by atoms with E-state index < -0.39 is 5.54 Å². The van der Waals surface area contributed by atoms with Gasteiger partial charge in [-0.05, 0) is 75.3 Å². The molecule has 0 spiro atoms. The van der Waals surface area contributed by atoms with E-state index in [9.17, 15) is 9.90 Å². The summed E-state index contributed by atoms with van der Waals surface area (Å²) >= 11 is 0. The molecule has 27 heavy (non-hydrogen) atoms. The molecule has 0 unspecified atom stereocenters. The van der Waals surface area contributed by atoms with Crippen molar-refractivity contribution in [1.82, 2.24) is 4.98 Å². The van der Waals surface area contributed by atoms with Gasteiger partial charge in [-0.25, -0.2) is 0 Å². The molecule has 4 N–H and O–H groups in total. The Hall–Kier alpha value is -2.11. The van der Waals surface area contributed by atoms with Crippen LogP contribution in [0.4, 0.5) is 0 Å². The molecule has 0 radical (unpaired) electrons. The number of nitrogens with one attached hydrogen (secondary N) is 1. The van der Waals surface area contributed by atoms with Crippen molar-refractivity contribution in [2.24, 2.45) is 5.73 Å². The van der Waals surface area contributed by atoms with Crippen molar-refractivity contribution < 1.29 is 14.6 Å². The quantitative estimate of drug-likeness (QED) is 0.557. The van der Waals surface area contributed by atoms with Gasteiger partial charge in [0.15, 0.2) is 5.78 Å². The number of aliphatic hydroxyl groups is 1. The molecule has 1 atom stereocenters. The van der Waals surface area contributed by atoms with Crippen molar-refractivity contribution in [2.45, 2.75) is 58.4 Å². The number of carbonyl (C=O) groups excluding carboxylic acids is 1. The Bertz CT molecular complexity index is 778. The Kier molecular flexibility index (Phi) is 7.22. The van der Waals surface area contributed by atoms with Crippen LogP contribution >= 0.6 is 0 Å². The zero-order valence-corrected chi connectivity index (χ0v) is 16.9. The maximum atomic E-state index is 12.5. The monoisotopic (exact) mass is 372 g/mol. The summed E-state index contributed by atoms with van der Waals surface area (Å²) in [4.78, 5) is 15.8. The van der Waals surface area contributed by atoms with Gasteiger partial charge >= 0.3 is 0 Å². The lowest BCUT2D eigenvalue weighted by Gasteiger charge is -2.21. The Morgan fingerprint density at radius 1 is 1.22 bits per heavy atom. The number of methoxy groups -OCH3 is 1. The molecule has 0 saturated carbocycles. The average Bonchev–Trinajstić information content (AvgIpc) is 3.01. The van der Waals surface area contributed by atoms with Crippen molar-refractivity contribution in [3.63, 3.8) is 0 Å². The molecular formula is C22H32N2O3. The lowest BCUT2D eigenvalue weighted by atomic mass is 9.96. The number of aryl methyl sites for hydroxylation is 4. The zero-order chi connectivity index (χ0) is 20.0. The highest BCUT2D eigenvalue weighted by atomic mass is 16.5. The van der Waals surface area contributed by atoms with E-state index in [4.69, 9.17) is 10.5 Å². The van der Waals surface area contributed by atoms with Gasteiger partial charge in [0.05, 0.1) is 19.4 Å². The van der Waals surface area contributed by atoms with Gasteiger partial charge in [-0.15, -0.1) is 0 Å². The molecule has 0 amide bonds. The second-order valence-electron chi connectivity index (χ2n) is 7.74. The fourth-order valence-electron chi connectivity index (χ4n) is 3.18. The van der Waals surface area contributed by atoms with E-state index in [0.717, 1.165) is 41.8 Å². The molecule has 2 aromatic rings. The largest absolute Gasteiger partial charge is 0.496 e. The van der Waals surface area contributed by atoms with Crippen molar-refractivity contribution in [1.29, 1.82) is 0 Å². The van der Waals surface area contributed by atoms with Gasteiger partial charge in [0, 0.05) is 17.7 Å². The van der Waals surface area contributed by atoms with Crippen LogP contribution in [0.25, 0.3) is 0 Å². The SMILES string of the molecule is COc1ccc(CCCC(=O)c2cc(C)c(CC[C@@](C)(N)CO)[nH]2)cc1C. The van der Waals surface area contributed by atoms with E-state index in [1.54, 1.807) is 7.11 Å². The molecule has 0 aliphatic rings. The van der Waals surface area contributed by atoms with E-state index in [-0.39, 0.29) is 12.4 Å². The molecule has 0 aliphatic carbocycles. The third kappa shape index (κ3) is 5.94. The number of ketones is 1. The molecule has 1 aromatic heterocycles. The standard InChI is InChI=1S/C22H32N2O3/c1-15-13-19(24-18(15)10-11-22(3,23)14-25)20(26)7-5-6-17-8-9-21(27-4)16(2)12-17/h8-9,12-13,24-25H,5-7,10-11,14,23H2,1-4H3/t22-/m1/s1. The van der Waals surface area contributed by atoms with E-state index in [1.807, 2.05) is 32.9 Å². The summed E-state index contributed by atoms with van der Waals surface area (Å²) in [6, 6.07) is 8.07. The van der Waals surface area contributed by atoms with Crippen LogP contribution in [0.2, 0.25) is 0 Å². The highest BCUT2D eigenvalue weighted by molar-refractivity contribution is 5.94. The molecule has 0 fully saturated rings. The lowest BCUT2D eigenvalue weighted by Crippen LogP contribution is -2.40. The van der Waals surface area contributed by atoms with Gasteiger partial charge in [0.1, 0.15) is 5.75 Å². The predicted octanol–water partition coefficient (Wildman–Crippen LogP) is 3.49. The van der Waals surface area contributed by atoms with Crippen LogP contribution < -0.4 is 10.5 Å². The third-order valence-electron chi connectivity index (χ3n) is 5.06. The predicted molar refractivity (Wildman–Crippen MR) is 109 cm³/mol. The number of nitrogens with two attached hydrogens (primary N) is 1. The Morgan fingerprint density at radius 3 is 2.59 bits per heavy atom. The van der Waals surface area contributed by atoms with Crippen molar-refractivity contribution in [2.75, 3.05) is 13.7 Å². The Labute approximate surface area is 161 Å². The van der Waals surface area contributed by atoms with Crippen LogP contribution in [0.15, 0.2) is 24.3 Å². The number of aromatic amines is 1. The topological polar surface area (TPSA) is 88.3 Å². The number of H-pyrrole nitrogens is 1. The fraction of sp³-hybridized carbons (Fsp3) is 0.500. The molecule has 0 bridgehead atoms. The maximum Gasteiger partial charge on any atom is 0.179 e. The zero-order valence-electron chi connectivity index (χ0n) is 16.9. The number of hydrogen-bond acceptors (Lipinski definition) is 4. The molecule has 5 heteroatoms. The summed E-state index contributed by atoms with van der Waals surface area (Å²) in [6.07, 6.45) is 3.57. The van der Waals surface area contributed by atoms with Crippen LogP contribution in [0.1, 0.15) is 59.1 Å². The Balaban J connectivity index is 1.89. The minimum atomic E-state index is -0.599. The molecular weight excluding hydrogens is 340 g/mol. The van der Waals surface area contributed by atoms with Crippen molar-refractivity contribution >= 4 is 5.78 Å². The number of Topliss-reactive ketones (excluding diaryl/α,β-unsaturated/α-hetero) is 1. The van der Waals surface area contributed by atoms with Gasteiger partial charge in [-0.3, -0.25) is 4.79 Å². The van der Waals surface area contributed by atoms with Crippen molar-refractivity contribution in [3.05, 3.63) is 52.3 Å². The van der Waals surface area contributed by atoms with Gasteiger partial charge in [0.25, 0.3) is 0 Å². The van der Waals surface area contributed by atoms with Gasteiger partial charge < -0.3 is 20.6 Å². The summed E-state index contributed by atoms with van der Waals surface area (Å²) < 4.78 is 5.28. The second kappa shape index (κ2) is 9.20. The molecule has 0 saturated heterocycles. The van der Waals surface area contributed by atoms with Gasteiger partial charge in [0.2, 0.25) is 0 Å². The summed E-state index contributed by atoms with van der Waals surface area (Å²) in [5.74, 6) is 1.02. The number of aromatic nitrogens is 1. The minimum absolute atomic E-state index is 0.0522.